The second kappa shape index (κ2) is 9.23. The van der Waals surface area contributed by atoms with Crippen LogP contribution in [0, 0.1) is 17.0 Å². The van der Waals surface area contributed by atoms with Gasteiger partial charge in [0.05, 0.1) is 31.1 Å². The van der Waals surface area contributed by atoms with Gasteiger partial charge in [-0.15, -0.1) is 0 Å². The van der Waals surface area contributed by atoms with E-state index in [2.05, 4.69) is 11.8 Å². The molecule has 0 unspecified atom stereocenters. The van der Waals surface area contributed by atoms with Gasteiger partial charge >= 0.3 is 0 Å². The lowest BCUT2D eigenvalue weighted by Gasteiger charge is -2.35. The van der Waals surface area contributed by atoms with Gasteiger partial charge in [0.2, 0.25) is 0 Å². The number of rotatable bonds is 7. The summed E-state index contributed by atoms with van der Waals surface area (Å²) in [5.41, 5.74) is 2.41. The van der Waals surface area contributed by atoms with Crippen LogP contribution in [0.1, 0.15) is 5.56 Å². The molecule has 0 aromatic heterocycles. The van der Waals surface area contributed by atoms with Gasteiger partial charge in [-0.05, 0) is 36.8 Å². The third-order valence-corrected chi connectivity index (χ3v) is 5.23. The van der Waals surface area contributed by atoms with Crippen molar-refractivity contribution in [1.82, 2.24) is 0 Å². The highest BCUT2D eigenvalue weighted by atomic mass is 35.5. The first-order valence-corrected chi connectivity index (χ1v) is 9.70. The molecule has 8 heteroatoms. The molecule has 1 atom stereocenters. The molecule has 3 rings (SSSR count). The lowest BCUT2D eigenvalue weighted by molar-refractivity contribution is -0.903. The van der Waals surface area contributed by atoms with Crippen LogP contribution in [0.25, 0.3) is 0 Å². The summed E-state index contributed by atoms with van der Waals surface area (Å²) in [6, 6.07) is 11.8. The molecule has 1 aliphatic rings. The SMILES string of the molecule is Cc1ccc(Cl)cc1N1CC[NH+](C[C@@H](O)COc2ccc([N+](=O)[O-])cc2)CC1. The monoisotopic (exact) mass is 406 g/mol. The zero-order valence-electron chi connectivity index (χ0n) is 15.8. The average molecular weight is 407 g/mol. The number of aliphatic hydroxyl groups is 1. The van der Waals surface area contributed by atoms with Crippen molar-refractivity contribution in [2.75, 3.05) is 44.2 Å². The number of aliphatic hydroxyl groups excluding tert-OH is 1. The van der Waals surface area contributed by atoms with E-state index in [0.717, 1.165) is 31.2 Å². The molecule has 0 bridgehead atoms. The largest absolute Gasteiger partial charge is 0.491 e. The molecule has 2 N–H and O–H groups in total. The van der Waals surface area contributed by atoms with E-state index < -0.39 is 11.0 Å². The number of hydrogen-bond donors (Lipinski definition) is 2. The van der Waals surface area contributed by atoms with Crippen LogP contribution in [0.15, 0.2) is 42.5 Å². The second-order valence-corrected chi connectivity index (χ2v) is 7.52. The average Bonchev–Trinajstić information content (AvgIpc) is 2.69. The number of piperazine rings is 1. The summed E-state index contributed by atoms with van der Waals surface area (Å²) in [6.45, 7) is 6.54. The molecule has 150 valence electrons. The van der Waals surface area contributed by atoms with Crippen molar-refractivity contribution in [3.05, 3.63) is 63.2 Å². The van der Waals surface area contributed by atoms with E-state index in [1.165, 1.54) is 28.3 Å². The molecule has 0 amide bonds. The number of nitro benzene ring substituents is 1. The molecule has 0 spiro atoms. The Bertz CT molecular complexity index is 808. The fraction of sp³-hybridized carbons (Fsp3) is 0.400. The molecule has 0 aliphatic carbocycles. The molecule has 1 saturated heterocycles. The minimum atomic E-state index is -0.593. The maximum Gasteiger partial charge on any atom is 0.269 e. The number of hydrogen-bond acceptors (Lipinski definition) is 5. The number of nitrogens with one attached hydrogen (secondary N) is 1. The molecule has 1 aliphatic heterocycles. The molecular weight excluding hydrogens is 382 g/mol. The molecule has 0 radical (unpaired) electrons. The Labute approximate surface area is 169 Å². The highest BCUT2D eigenvalue weighted by molar-refractivity contribution is 6.30. The summed E-state index contributed by atoms with van der Waals surface area (Å²) in [5.74, 6) is 0.515. The van der Waals surface area contributed by atoms with Gasteiger partial charge in [-0.25, -0.2) is 0 Å². The van der Waals surface area contributed by atoms with E-state index in [-0.39, 0.29) is 12.3 Å². The van der Waals surface area contributed by atoms with E-state index in [4.69, 9.17) is 16.3 Å². The van der Waals surface area contributed by atoms with E-state index in [1.54, 1.807) is 12.1 Å². The fourth-order valence-electron chi connectivity index (χ4n) is 3.44. The number of benzene rings is 2. The van der Waals surface area contributed by atoms with Crippen LogP contribution in [-0.2, 0) is 0 Å². The summed E-state index contributed by atoms with van der Waals surface area (Å²) in [4.78, 5) is 13.9. The first kappa shape index (κ1) is 20.4. The molecule has 1 fully saturated rings. The number of aryl methyl sites for hydroxylation is 1. The predicted molar refractivity (Wildman–Crippen MR) is 109 cm³/mol. The quantitative estimate of drug-likeness (QED) is 0.540. The number of anilines is 1. The van der Waals surface area contributed by atoms with Crippen molar-refractivity contribution < 1.29 is 19.7 Å². The van der Waals surface area contributed by atoms with Gasteiger partial charge in [0, 0.05) is 22.8 Å². The first-order valence-electron chi connectivity index (χ1n) is 9.32. The van der Waals surface area contributed by atoms with Gasteiger partial charge in [0.1, 0.15) is 25.0 Å². The predicted octanol–water partition coefficient (Wildman–Crippen LogP) is 1.70. The first-order chi connectivity index (χ1) is 13.4. The van der Waals surface area contributed by atoms with Gasteiger partial charge in [0.15, 0.2) is 0 Å². The normalized spacial score (nSPS) is 16.0. The Balaban J connectivity index is 1.44. The Morgan fingerprint density at radius 1 is 1.25 bits per heavy atom. The Kier molecular flexibility index (Phi) is 6.72. The Morgan fingerprint density at radius 3 is 2.57 bits per heavy atom. The third kappa shape index (κ3) is 5.34. The minimum absolute atomic E-state index is 0.0187. The van der Waals surface area contributed by atoms with Crippen molar-refractivity contribution >= 4 is 23.0 Å². The third-order valence-electron chi connectivity index (χ3n) is 5.00. The number of halogens is 1. The standard InChI is InChI=1S/C20H24ClN3O4/c1-15-2-3-16(21)12-20(15)23-10-8-22(9-11-23)13-18(25)14-28-19-6-4-17(5-7-19)24(26)27/h2-7,12,18,25H,8-11,13-14H2,1H3/p+1/t18-/m1/s1. The maximum absolute atomic E-state index is 10.7. The summed E-state index contributed by atoms with van der Waals surface area (Å²) >= 11 is 6.13. The van der Waals surface area contributed by atoms with Gasteiger partial charge < -0.3 is 19.6 Å². The molecule has 2 aromatic carbocycles. The topological polar surface area (TPSA) is 80.3 Å². The van der Waals surface area contributed by atoms with Crippen LogP contribution in [0.4, 0.5) is 11.4 Å². The lowest BCUT2D eigenvalue weighted by Crippen LogP contribution is -3.16. The molecule has 1 heterocycles. The van der Waals surface area contributed by atoms with Crippen molar-refractivity contribution in [2.24, 2.45) is 0 Å². The number of ether oxygens (including phenoxy) is 1. The molecule has 2 aromatic rings. The van der Waals surface area contributed by atoms with Gasteiger partial charge in [-0.3, -0.25) is 10.1 Å². The van der Waals surface area contributed by atoms with Crippen LogP contribution >= 0.6 is 11.6 Å². The highest BCUT2D eigenvalue weighted by Gasteiger charge is 2.23. The van der Waals surface area contributed by atoms with Crippen LogP contribution < -0.4 is 14.5 Å². The molecule has 0 saturated carbocycles. The summed E-state index contributed by atoms with van der Waals surface area (Å²) in [7, 11) is 0. The van der Waals surface area contributed by atoms with Crippen LogP contribution in [0.3, 0.4) is 0 Å². The van der Waals surface area contributed by atoms with Crippen LogP contribution in [0.5, 0.6) is 5.75 Å². The van der Waals surface area contributed by atoms with Crippen molar-refractivity contribution in [1.29, 1.82) is 0 Å². The number of nitrogens with zero attached hydrogens (tertiary/aromatic N) is 2. The van der Waals surface area contributed by atoms with E-state index in [0.29, 0.717) is 12.3 Å². The summed E-state index contributed by atoms with van der Waals surface area (Å²) < 4.78 is 5.55. The van der Waals surface area contributed by atoms with E-state index in [9.17, 15) is 15.2 Å². The van der Waals surface area contributed by atoms with E-state index in [1.807, 2.05) is 18.2 Å². The Hall–Kier alpha value is -2.35. The molecular formula is C20H25ClN3O4+. The van der Waals surface area contributed by atoms with Gasteiger partial charge in [0.25, 0.3) is 5.69 Å². The van der Waals surface area contributed by atoms with Crippen LogP contribution in [0.2, 0.25) is 5.02 Å². The molecule has 7 nitrogen and oxygen atoms in total. The smallest absolute Gasteiger partial charge is 0.269 e. The van der Waals surface area contributed by atoms with Crippen molar-refractivity contribution in [3.63, 3.8) is 0 Å². The van der Waals surface area contributed by atoms with Crippen molar-refractivity contribution in [2.45, 2.75) is 13.0 Å². The van der Waals surface area contributed by atoms with Crippen LogP contribution in [-0.4, -0.2) is 55.5 Å². The summed E-state index contributed by atoms with van der Waals surface area (Å²) in [5, 5.41) is 21.7. The Morgan fingerprint density at radius 2 is 1.93 bits per heavy atom. The van der Waals surface area contributed by atoms with Gasteiger partial charge in [-0.2, -0.15) is 0 Å². The van der Waals surface area contributed by atoms with Crippen molar-refractivity contribution in [3.8, 4) is 5.75 Å². The molecule has 28 heavy (non-hydrogen) atoms. The highest BCUT2D eigenvalue weighted by Crippen LogP contribution is 2.24. The number of non-ortho nitro benzene ring substituents is 1. The zero-order chi connectivity index (χ0) is 20.1. The lowest BCUT2D eigenvalue weighted by atomic mass is 10.1. The zero-order valence-corrected chi connectivity index (χ0v) is 16.6. The fourth-order valence-corrected chi connectivity index (χ4v) is 3.61. The summed E-state index contributed by atoms with van der Waals surface area (Å²) in [6.07, 6.45) is -0.593. The second-order valence-electron chi connectivity index (χ2n) is 7.09. The van der Waals surface area contributed by atoms with Gasteiger partial charge in [-0.1, -0.05) is 17.7 Å². The number of quaternary nitrogens is 1. The number of nitro groups is 1. The maximum atomic E-state index is 10.7. The minimum Gasteiger partial charge on any atom is -0.491 e. The van der Waals surface area contributed by atoms with E-state index >= 15 is 0 Å².